The lowest BCUT2D eigenvalue weighted by molar-refractivity contribution is 0.134. The highest BCUT2D eigenvalue weighted by Crippen LogP contribution is 2.36. The first kappa shape index (κ1) is 16.6. The minimum atomic E-state index is -3.40. The molecule has 18 heavy (non-hydrogen) atoms. The maximum atomic E-state index is 11.3. The zero-order chi connectivity index (χ0) is 13.6. The Labute approximate surface area is 121 Å². The summed E-state index contributed by atoms with van der Waals surface area (Å²) in [4.78, 5) is 0. The van der Waals surface area contributed by atoms with Crippen molar-refractivity contribution >= 4 is 34.3 Å². The number of rotatable bonds is 8. The molecular formula is C12H23ClO3S2. The Kier molecular flexibility index (Phi) is 7.36. The Morgan fingerprint density at radius 1 is 1.33 bits per heavy atom. The molecule has 6 heteroatoms. The number of halogens is 1. The van der Waals surface area contributed by atoms with Crippen LogP contribution in [-0.4, -0.2) is 31.9 Å². The van der Waals surface area contributed by atoms with Crippen molar-refractivity contribution in [3.8, 4) is 0 Å². The summed E-state index contributed by atoms with van der Waals surface area (Å²) in [6.07, 6.45) is 7.75. The fraction of sp³-hybridized carbons (Fsp3) is 1.00. The van der Waals surface area contributed by atoms with Crippen LogP contribution in [-0.2, 0) is 14.3 Å². The van der Waals surface area contributed by atoms with E-state index in [0.717, 1.165) is 57.0 Å². The van der Waals surface area contributed by atoms with Crippen LogP contribution in [0.15, 0.2) is 0 Å². The molecule has 0 N–H and O–H groups in total. The third-order valence-electron chi connectivity index (χ3n) is 3.40. The molecule has 0 aromatic heterocycles. The molecular weight excluding hydrogens is 292 g/mol. The first-order valence-corrected chi connectivity index (χ1v) is 9.46. The van der Waals surface area contributed by atoms with Crippen molar-refractivity contribution in [1.82, 2.24) is 0 Å². The van der Waals surface area contributed by atoms with Gasteiger partial charge in [-0.25, -0.2) is 0 Å². The second kappa shape index (κ2) is 7.98. The monoisotopic (exact) mass is 314 g/mol. The van der Waals surface area contributed by atoms with Crippen LogP contribution < -0.4 is 0 Å². The quantitative estimate of drug-likeness (QED) is 0.324. The Morgan fingerprint density at radius 2 is 2.06 bits per heavy atom. The lowest BCUT2D eigenvalue weighted by atomic mass is 9.96. The number of hydrogen-bond donors (Lipinski definition) is 1. The Balaban J connectivity index is 2.51. The molecule has 0 saturated heterocycles. The normalized spacial score (nSPS) is 26.4. The molecule has 1 rings (SSSR count). The van der Waals surface area contributed by atoms with E-state index in [1.54, 1.807) is 0 Å². The highest BCUT2D eigenvalue weighted by Gasteiger charge is 2.34. The van der Waals surface area contributed by atoms with Gasteiger partial charge in [-0.15, -0.1) is 11.6 Å². The predicted molar refractivity (Wildman–Crippen MR) is 79.0 cm³/mol. The number of thiol groups is 1. The van der Waals surface area contributed by atoms with E-state index in [-0.39, 0.29) is 17.4 Å². The Bertz CT molecular complexity index is 332. The van der Waals surface area contributed by atoms with Crippen LogP contribution in [0, 0.1) is 5.92 Å². The van der Waals surface area contributed by atoms with Crippen LogP contribution in [0.25, 0.3) is 0 Å². The van der Waals surface area contributed by atoms with Gasteiger partial charge in [-0.05, 0) is 31.4 Å². The Hall–Kier alpha value is 0.550. The summed E-state index contributed by atoms with van der Waals surface area (Å²) < 4.78 is 27.9. The van der Waals surface area contributed by atoms with Crippen molar-refractivity contribution < 1.29 is 12.6 Å². The smallest absolute Gasteiger partial charge is 0.264 e. The molecule has 1 unspecified atom stereocenters. The van der Waals surface area contributed by atoms with Gasteiger partial charge in [0.15, 0.2) is 0 Å². The van der Waals surface area contributed by atoms with E-state index in [9.17, 15) is 8.42 Å². The molecule has 1 saturated carbocycles. The summed E-state index contributed by atoms with van der Waals surface area (Å²) in [5.74, 6) is 1.05. The second-order valence-electron chi connectivity index (χ2n) is 5.02. The summed E-state index contributed by atoms with van der Waals surface area (Å²) in [5, 5.41) is 0.0571. The fourth-order valence-corrected chi connectivity index (χ4v) is 3.91. The highest BCUT2D eigenvalue weighted by molar-refractivity contribution is 7.86. The number of alkyl halides is 1. The van der Waals surface area contributed by atoms with Crippen LogP contribution >= 0.6 is 24.2 Å². The second-order valence-corrected chi connectivity index (χ2v) is 7.63. The maximum absolute atomic E-state index is 11.3. The van der Waals surface area contributed by atoms with Crippen LogP contribution in [0.1, 0.15) is 44.9 Å². The molecule has 1 aliphatic rings. The van der Waals surface area contributed by atoms with Gasteiger partial charge in [-0.1, -0.05) is 19.3 Å². The third kappa shape index (κ3) is 6.13. The largest absolute Gasteiger partial charge is 0.267 e. The van der Waals surface area contributed by atoms with Gasteiger partial charge >= 0.3 is 0 Å². The van der Waals surface area contributed by atoms with Crippen molar-refractivity contribution in [2.75, 3.05) is 12.0 Å². The van der Waals surface area contributed by atoms with Crippen LogP contribution in [0.2, 0.25) is 0 Å². The average molecular weight is 315 g/mol. The summed E-state index contributed by atoms with van der Waals surface area (Å²) in [5.41, 5.74) is 0. The van der Waals surface area contributed by atoms with E-state index < -0.39 is 10.1 Å². The van der Waals surface area contributed by atoms with E-state index in [4.69, 9.17) is 15.8 Å². The lowest BCUT2D eigenvalue weighted by Gasteiger charge is -2.24. The van der Waals surface area contributed by atoms with E-state index in [2.05, 4.69) is 12.6 Å². The summed E-state index contributed by atoms with van der Waals surface area (Å²) in [6.45, 7) is 0. The van der Waals surface area contributed by atoms with E-state index in [1.807, 2.05) is 0 Å². The van der Waals surface area contributed by atoms with Crippen molar-refractivity contribution in [3.05, 3.63) is 0 Å². The van der Waals surface area contributed by atoms with Gasteiger partial charge in [0.25, 0.3) is 10.1 Å². The lowest BCUT2D eigenvalue weighted by Crippen LogP contribution is -2.29. The standard InChI is InChI=1S/C12H23ClO3S2/c1-18(14,15)16-12(8-3-2-4-9-17)10-6-5-7-11(10)13/h10-12,17H,2-9H2,1H3/t10-,11-,12?/m1/s1. The fourth-order valence-electron chi connectivity index (χ4n) is 2.55. The third-order valence-corrected chi connectivity index (χ3v) is 4.86. The first-order valence-electron chi connectivity index (χ1n) is 6.57. The molecule has 108 valence electrons. The minimum absolute atomic E-state index is 0.0571. The number of unbranched alkanes of at least 4 members (excludes halogenated alkanes) is 2. The first-order chi connectivity index (χ1) is 8.44. The molecule has 0 spiro atoms. The van der Waals surface area contributed by atoms with Crippen molar-refractivity contribution in [3.63, 3.8) is 0 Å². The van der Waals surface area contributed by atoms with Crippen molar-refractivity contribution in [1.29, 1.82) is 0 Å². The molecule has 1 fully saturated rings. The molecule has 0 aliphatic heterocycles. The van der Waals surface area contributed by atoms with Gasteiger partial charge in [0.2, 0.25) is 0 Å². The van der Waals surface area contributed by atoms with Crippen LogP contribution in [0.3, 0.4) is 0 Å². The van der Waals surface area contributed by atoms with Crippen LogP contribution in [0.5, 0.6) is 0 Å². The molecule has 0 aromatic rings. The maximum Gasteiger partial charge on any atom is 0.264 e. The molecule has 3 atom stereocenters. The number of hydrogen-bond acceptors (Lipinski definition) is 4. The minimum Gasteiger partial charge on any atom is -0.267 e. The van der Waals surface area contributed by atoms with Gasteiger partial charge in [0, 0.05) is 11.3 Å². The molecule has 0 amide bonds. The van der Waals surface area contributed by atoms with Crippen molar-refractivity contribution in [2.24, 2.45) is 5.92 Å². The van der Waals surface area contributed by atoms with Gasteiger partial charge in [-0.2, -0.15) is 21.0 Å². The molecule has 0 aromatic carbocycles. The van der Waals surface area contributed by atoms with Crippen LogP contribution in [0.4, 0.5) is 0 Å². The molecule has 0 radical (unpaired) electrons. The van der Waals surface area contributed by atoms with Crippen molar-refractivity contribution in [2.45, 2.75) is 56.4 Å². The SMILES string of the molecule is CS(=O)(=O)OC(CCCCCS)[C@@H]1CCC[C@H]1Cl. The topological polar surface area (TPSA) is 43.4 Å². The van der Waals surface area contributed by atoms with E-state index in [0.29, 0.717) is 0 Å². The molecule has 1 aliphatic carbocycles. The van der Waals surface area contributed by atoms with E-state index >= 15 is 0 Å². The summed E-state index contributed by atoms with van der Waals surface area (Å²) in [6, 6.07) is 0. The van der Waals surface area contributed by atoms with Gasteiger partial charge in [0.1, 0.15) is 0 Å². The Morgan fingerprint density at radius 3 is 2.56 bits per heavy atom. The summed E-state index contributed by atoms with van der Waals surface area (Å²) in [7, 11) is -3.40. The molecule has 0 bridgehead atoms. The predicted octanol–water partition coefficient (Wildman–Crippen LogP) is 3.23. The highest BCUT2D eigenvalue weighted by atomic mass is 35.5. The van der Waals surface area contributed by atoms with Gasteiger partial charge in [-0.3, -0.25) is 4.18 Å². The van der Waals surface area contributed by atoms with Gasteiger partial charge in [0.05, 0.1) is 12.4 Å². The zero-order valence-electron chi connectivity index (χ0n) is 10.8. The van der Waals surface area contributed by atoms with Gasteiger partial charge < -0.3 is 0 Å². The zero-order valence-corrected chi connectivity index (χ0v) is 13.3. The molecule has 0 heterocycles. The molecule has 3 nitrogen and oxygen atoms in total. The average Bonchev–Trinajstić information content (AvgIpc) is 2.67. The van der Waals surface area contributed by atoms with E-state index in [1.165, 1.54) is 0 Å². The summed E-state index contributed by atoms with van der Waals surface area (Å²) >= 11 is 10.4.